The van der Waals surface area contributed by atoms with Gasteiger partial charge in [-0.2, -0.15) is 4.80 Å². The lowest BCUT2D eigenvalue weighted by atomic mass is 10.1. The van der Waals surface area contributed by atoms with Gasteiger partial charge in [-0.05, 0) is 29.3 Å². The number of aromatic nitrogens is 5. The quantitative estimate of drug-likeness (QED) is 0.752. The van der Waals surface area contributed by atoms with E-state index < -0.39 is 0 Å². The summed E-state index contributed by atoms with van der Waals surface area (Å²) in [4.78, 5) is 5.50. The second-order valence-electron chi connectivity index (χ2n) is 3.45. The largest absolute Gasteiger partial charge is 0.329 e. The minimum atomic E-state index is 0.528. The third kappa shape index (κ3) is 2.83. The summed E-state index contributed by atoms with van der Waals surface area (Å²) in [6, 6.07) is 3.98. The van der Waals surface area contributed by atoms with Crippen molar-refractivity contribution in [2.24, 2.45) is 5.73 Å². The van der Waals surface area contributed by atoms with Gasteiger partial charge in [0.1, 0.15) is 0 Å². The van der Waals surface area contributed by atoms with Gasteiger partial charge >= 0.3 is 0 Å². The standard InChI is InChI=1S/C10H14N6/c11-5-8-16-14-10(13-15-16)2-1-9-3-6-12-7-4-9/h3-4,6-7H,1-2,5,8,11H2. The van der Waals surface area contributed by atoms with Crippen molar-refractivity contribution >= 4 is 0 Å². The van der Waals surface area contributed by atoms with E-state index in [0.29, 0.717) is 13.1 Å². The lowest BCUT2D eigenvalue weighted by Crippen LogP contribution is -2.12. The van der Waals surface area contributed by atoms with Crippen LogP contribution in [-0.2, 0) is 19.4 Å². The molecule has 16 heavy (non-hydrogen) atoms. The van der Waals surface area contributed by atoms with Crippen molar-refractivity contribution in [2.75, 3.05) is 6.54 Å². The molecule has 0 spiro atoms. The molecule has 0 radical (unpaired) electrons. The first-order valence-corrected chi connectivity index (χ1v) is 5.24. The molecule has 0 aliphatic heterocycles. The molecule has 0 fully saturated rings. The van der Waals surface area contributed by atoms with Crippen molar-refractivity contribution in [1.29, 1.82) is 0 Å². The highest BCUT2D eigenvalue weighted by atomic mass is 15.6. The Labute approximate surface area is 93.5 Å². The molecule has 0 amide bonds. The molecule has 0 aliphatic rings. The van der Waals surface area contributed by atoms with Crippen molar-refractivity contribution in [3.05, 3.63) is 35.9 Å². The monoisotopic (exact) mass is 218 g/mol. The molecule has 0 atom stereocenters. The Morgan fingerprint density at radius 1 is 1.19 bits per heavy atom. The summed E-state index contributed by atoms with van der Waals surface area (Å²) >= 11 is 0. The summed E-state index contributed by atoms with van der Waals surface area (Å²) in [7, 11) is 0. The highest BCUT2D eigenvalue weighted by Gasteiger charge is 2.02. The fraction of sp³-hybridized carbons (Fsp3) is 0.400. The number of nitrogens with zero attached hydrogens (tertiary/aromatic N) is 5. The third-order valence-electron chi connectivity index (χ3n) is 2.21. The summed E-state index contributed by atoms with van der Waals surface area (Å²) in [6.07, 6.45) is 5.26. The van der Waals surface area contributed by atoms with Crippen molar-refractivity contribution < 1.29 is 0 Å². The van der Waals surface area contributed by atoms with Gasteiger partial charge in [0.05, 0.1) is 6.54 Å². The topological polar surface area (TPSA) is 82.5 Å². The van der Waals surface area contributed by atoms with Gasteiger partial charge in [-0.1, -0.05) is 0 Å². The second kappa shape index (κ2) is 5.32. The maximum Gasteiger partial charge on any atom is 0.175 e. The van der Waals surface area contributed by atoms with E-state index >= 15 is 0 Å². The van der Waals surface area contributed by atoms with Crippen LogP contribution in [0.4, 0.5) is 0 Å². The number of nitrogens with two attached hydrogens (primary N) is 1. The van der Waals surface area contributed by atoms with Crippen LogP contribution in [0, 0.1) is 0 Å². The molecule has 0 saturated carbocycles. The van der Waals surface area contributed by atoms with E-state index in [9.17, 15) is 0 Å². The normalized spacial score (nSPS) is 10.6. The molecule has 2 aromatic heterocycles. The molecule has 0 unspecified atom stereocenters. The van der Waals surface area contributed by atoms with E-state index in [2.05, 4.69) is 20.4 Å². The minimum Gasteiger partial charge on any atom is -0.329 e. The number of tetrazole rings is 1. The lowest BCUT2D eigenvalue weighted by Gasteiger charge is -1.96. The predicted octanol–water partition coefficient (Wildman–Crippen LogP) is -0.188. The van der Waals surface area contributed by atoms with Crippen LogP contribution in [0.2, 0.25) is 0 Å². The Bertz CT molecular complexity index is 424. The van der Waals surface area contributed by atoms with E-state index in [-0.39, 0.29) is 0 Å². The lowest BCUT2D eigenvalue weighted by molar-refractivity contribution is 0.528. The zero-order chi connectivity index (χ0) is 11.2. The summed E-state index contributed by atoms with van der Waals surface area (Å²) in [5.74, 6) is 0.755. The van der Waals surface area contributed by atoms with Gasteiger partial charge in [-0.25, -0.2) is 0 Å². The maximum absolute atomic E-state index is 5.40. The molecule has 0 bridgehead atoms. The van der Waals surface area contributed by atoms with Crippen LogP contribution < -0.4 is 5.73 Å². The Hall–Kier alpha value is -1.82. The van der Waals surface area contributed by atoms with Crippen LogP contribution in [0.3, 0.4) is 0 Å². The first-order valence-electron chi connectivity index (χ1n) is 5.24. The number of pyridine rings is 1. The van der Waals surface area contributed by atoms with Crippen LogP contribution in [-0.4, -0.2) is 31.7 Å². The van der Waals surface area contributed by atoms with Crippen LogP contribution >= 0.6 is 0 Å². The van der Waals surface area contributed by atoms with Crippen LogP contribution in [0.15, 0.2) is 24.5 Å². The van der Waals surface area contributed by atoms with Gasteiger partial charge in [0, 0.05) is 25.4 Å². The predicted molar refractivity (Wildman–Crippen MR) is 58.5 cm³/mol. The summed E-state index contributed by atoms with van der Waals surface area (Å²) < 4.78 is 0. The molecule has 2 N–H and O–H groups in total. The molecular formula is C10H14N6. The average Bonchev–Trinajstić information content (AvgIpc) is 2.76. The number of hydrogen-bond donors (Lipinski definition) is 1. The fourth-order valence-corrected chi connectivity index (χ4v) is 1.39. The van der Waals surface area contributed by atoms with Gasteiger partial charge in [0.25, 0.3) is 0 Å². The molecule has 2 aromatic rings. The SMILES string of the molecule is NCCn1nnc(CCc2ccncc2)n1. The molecule has 0 aliphatic carbocycles. The van der Waals surface area contributed by atoms with Gasteiger partial charge in [0.15, 0.2) is 5.82 Å². The molecule has 84 valence electrons. The molecule has 2 heterocycles. The Morgan fingerprint density at radius 3 is 2.75 bits per heavy atom. The minimum absolute atomic E-state index is 0.528. The van der Waals surface area contributed by atoms with Gasteiger partial charge in [0.2, 0.25) is 0 Å². The van der Waals surface area contributed by atoms with E-state index in [1.165, 1.54) is 10.4 Å². The number of rotatable bonds is 5. The van der Waals surface area contributed by atoms with Crippen molar-refractivity contribution in [2.45, 2.75) is 19.4 Å². The van der Waals surface area contributed by atoms with Crippen LogP contribution in [0.5, 0.6) is 0 Å². The first-order chi connectivity index (χ1) is 7.88. The van der Waals surface area contributed by atoms with Gasteiger partial charge in [-0.15, -0.1) is 10.2 Å². The van der Waals surface area contributed by atoms with Crippen LogP contribution in [0.25, 0.3) is 0 Å². The number of aryl methyl sites for hydroxylation is 2. The smallest absolute Gasteiger partial charge is 0.175 e. The maximum atomic E-state index is 5.40. The van der Waals surface area contributed by atoms with E-state index in [1.54, 1.807) is 12.4 Å². The van der Waals surface area contributed by atoms with Crippen LogP contribution in [0.1, 0.15) is 11.4 Å². The highest BCUT2D eigenvalue weighted by Crippen LogP contribution is 2.01. The molecule has 6 nitrogen and oxygen atoms in total. The fourth-order valence-electron chi connectivity index (χ4n) is 1.39. The van der Waals surface area contributed by atoms with Crippen molar-refractivity contribution in [3.8, 4) is 0 Å². The summed E-state index contributed by atoms with van der Waals surface area (Å²) in [5, 5.41) is 12.1. The van der Waals surface area contributed by atoms with Crippen molar-refractivity contribution in [3.63, 3.8) is 0 Å². The van der Waals surface area contributed by atoms with Crippen molar-refractivity contribution in [1.82, 2.24) is 25.2 Å². The molecular weight excluding hydrogens is 204 g/mol. The Morgan fingerprint density at radius 2 is 2.00 bits per heavy atom. The molecule has 6 heteroatoms. The van der Waals surface area contributed by atoms with E-state index in [1.807, 2.05) is 12.1 Å². The number of hydrogen-bond acceptors (Lipinski definition) is 5. The van der Waals surface area contributed by atoms with E-state index in [0.717, 1.165) is 18.7 Å². The highest BCUT2D eigenvalue weighted by molar-refractivity contribution is 5.10. The summed E-state index contributed by atoms with van der Waals surface area (Å²) in [5.41, 5.74) is 6.63. The zero-order valence-electron chi connectivity index (χ0n) is 8.95. The summed E-state index contributed by atoms with van der Waals surface area (Å²) in [6.45, 7) is 1.14. The second-order valence-corrected chi connectivity index (χ2v) is 3.45. The first kappa shape index (κ1) is 10.7. The van der Waals surface area contributed by atoms with Gasteiger partial charge < -0.3 is 5.73 Å². The Kier molecular flexibility index (Phi) is 3.55. The average molecular weight is 218 g/mol. The Balaban J connectivity index is 1.89. The van der Waals surface area contributed by atoms with E-state index in [4.69, 9.17) is 5.73 Å². The molecule has 0 saturated heterocycles. The third-order valence-corrected chi connectivity index (χ3v) is 2.21. The van der Waals surface area contributed by atoms with Gasteiger partial charge in [-0.3, -0.25) is 4.98 Å². The zero-order valence-corrected chi connectivity index (χ0v) is 8.95. The molecule has 2 rings (SSSR count). The molecule has 0 aromatic carbocycles.